The van der Waals surface area contributed by atoms with Crippen molar-refractivity contribution >= 4 is 6.03 Å². The third-order valence-electron chi connectivity index (χ3n) is 4.25. The van der Waals surface area contributed by atoms with Crippen LogP contribution in [0.5, 0.6) is 0 Å². The van der Waals surface area contributed by atoms with E-state index in [2.05, 4.69) is 6.07 Å². The minimum atomic E-state index is 0.0764. The number of urea groups is 1. The third-order valence-corrected chi connectivity index (χ3v) is 4.25. The molecule has 0 unspecified atom stereocenters. The van der Waals surface area contributed by atoms with Gasteiger partial charge in [0.1, 0.15) is 0 Å². The van der Waals surface area contributed by atoms with Crippen LogP contribution in [-0.2, 0) is 13.0 Å². The number of hydrogen-bond acceptors (Lipinski definition) is 2. The van der Waals surface area contributed by atoms with E-state index in [1.54, 1.807) is 4.90 Å². The van der Waals surface area contributed by atoms with E-state index < -0.39 is 0 Å². The van der Waals surface area contributed by atoms with Gasteiger partial charge in [0.15, 0.2) is 0 Å². The van der Waals surface area contributed by atoms with E-state index in [1.165, 1.54) is 0 Å². The van der Waals surface area contributed by atoms with Gasteiger partial charge >= 0.3 is 6.03 Å². The Kier molecular flexibility index (Phi) is 4.29. The lowest BCUT2D eigenvalue weighted by Crippen LogP contribution is -2.35. The van der Waals surface area contributed by atoms with Crippen LogP contribution in [0, 0.1) is 11.3 Å². The molecule has 3 rings (SSSR count). The summed E-state index contributed by atoms with van der Waals surface area (Å²) >= 11 is 0. The number of amides is 2. The van der Waals surface area contributed by atoms with Crippen LogP contribution < -0.4 is 0 Å². The summed E-state index contributed by atoms with van der Waals surface area (Å²) in [5.74, 6) is 0. The minimum absolute atomic E-state index is 0.0764. The second-order valence-corrected chi connectivity index (χ2v) is 5.94. The van der Waals surface area contributed by atoms with Gasteiger partial charge in [0.05, 0.1) is 17.7 Å². The molecule has 1 fully saturated rings. The maximum Gasteiger partial charge on any atom is 0.320 e. The average molecular weight is 305 g/mol. The number of nitrogens with zero attached hydrogens (tertiary/aromatic N) is 3. The zero-order chi connectivity index (χ0) is 16.2. The molecule has 116 valence electrons. The van der Waals surface area contributed by atoms with Gasteiger partial charge in [-0.05, 0) is 29.7 Å². The van der Waals surface area contributed by atoms with Crippen LogP contribution in [0.3, 0.4) is 0 Å². The van der Waals surface area contributed by atoms with Crippen molar-refractivity contribution in [2.75, 3.05) is 13.6 Å². The molecule has 1 heterocycles. The van der Waals surface area contributed by atoms with Crippen LogP contribution in [0.25, 0.3) is 0 Å². The van der Waals surface area contributed by atoms with Crippen molar-refractivity contribution in [2.24, 2.45) is 0 Å². The van der Waals surface area contributed by atoms with Crippen molar-refractivity contribution in [3.05, 3.63) is 71.3 Å². The van der Waals surface area contributed by atoms with Gasteiger partial charge in [0, 0.05) is 20.1 Å². The van der Waals surface area contributed by atoms with Crippen molar-refractivity contribution in [3.63, 3.8) is 0 Å². The lowest BCUT2D eigenvalue weighted by Gasteiger charge is -2.23. The van der Waals surface area contributed by atoms with E-state index in [0.29, 0.717) is 12.1 Å². The van der Waals surface area contributed by atoms with Gasteiger partial charge in [0.25, 0.3) is 0 Å². The molecular formula is C19H19N3O. The molecule has 4 heteroatoms. The molecular weight excluding hydrogens is 286 g/mol. The zero-order valence-electron chi connectivity index (χ0n) is 13.1. The average Bonchev–Trinajstić information content (AvgIpc) is 2.84. The van der Waals surface area contributed by atoms with Gasteiger partial charge in [-0.15, -0.1) is 0 Å². The molecule has 0 spiro atoms. The normalized spacial score (nSPS) is 17.4. The Morgan fingerprint density at radius 3 is 2.43 bits per heavy atom. The molecule has 23 heavy (non-hydrogen) atoms. The quantitative estimate of drug-likeness (QED) is 0.871. The van der Waals surface area contributed by atoms with Crippen LogP contribution in [0.15, 0.2) is 54.6 Å². The Morgan fingerprint density at radius 1 is 1.09 bits per heavy atom. The molecule has 4 nitrogen and oxygen atoms in total. The van der Waals surface area contributed by atoms with Gasteiger partial charge in [-0.2, -0.15) is 5.26 Å². The van der Waals surface area contributed by atoms with Crippen molar-refractivity contribution < 1.29 is 4.79 Å². The predicted molar refractivity (Wildman–Crippen MR) is 88.7 cm³/mol. The van der Waals surface area contributed by atoms with Crippen molar-refractivity contribution in [2.45, 2.75) is 19.0 Å². The Hall–Kier alpha value is -2.80. The fourth-order valence-electron chi connectivity index (χ4n) is 3.01. The number of likely N-dealkylation sites (N-methyl/N-ethyl adjacent to an activating group) is 1. The molecule has 0 radical (unpaired) electrons. The molecule has 2 aromatic carbocycles. The van der Waals surface area contributed by atoms with Crippen LogP contribution in [0.4, 0.5) is 4.79 Å². The monoisotopic (exact) mass is 305 g/mol. The first-order chi connectivity index (χ1) is 11.2. The fraction of sp³-hybridized carbons (Fsp3) is 0.263. The molecule has 1 aliphatic heterocycles. The van der Waals surface area contributed by atoms with Gasteiger partial charge in [-0.3, -0.25) is 0 Å². The van der Waals surface area contributed by atoms with Crippen molar-refractivity contribution in [1.29, 1.82) is 5.26 Å². The number of benzene rings is 2. The van der Waals surface area contributed by atoms with Gasteiger partial charge in [-0.1, -0.05) is 42.5 Å². The highest BCUT2D eigenvalue weighted by Gasteiger charge is 2.34. The zero-order valence-corrected chi connectivity index (χ0v) is 13.1. The molecule has 0 aromatic heterocycles. The van der Waals surface area contributed by atoms with E-state index in [9.17, 15) is 4.79 Å². The summed E-state index contributed by atoms with van der Waals surface area (Å²) in [4.78, 5) is 16.1. The summed E-state index contributed by atoms with van der Waals surface area (Å²) < 4.78 is 0. The SMILES string of the molecule is CN1C[C@@H](Cc2ccc(C#N)cc2)N(Cc2ccccc2)C1=O. The number of rotatable bonds is 4. The second-order valence-electron chi connectivity index (χ2n) is 5.94. The van der Waals surface area contributed by atoms with Gasteiger partial charge < -0.3 is 9.80 Å². The summed E-state index contributed by atoms with van der Waals surface area (Å²) in [5, 5.41) is 8.88. The Bertz CT molecular complexity index is 719. The first-order valence-corrected chi connectivity index (χ1v) is 7.72. The predicted octanol–water partition coefficient (Wildman–Crippen LogP) is 3.04. The largest absolute Gasteiger partial charge is 0.326 e. The molecule has 0 saturated carbocycles. The smallest absolute Gasteiger partial charge is 0.320 e. The Labute approximate surface area is 136 Å². The Morgan fingerprint density at radius 2 is 1.78 bits per heavy atom. The fourth-order valence-corrected chi connectivity index (χ4v) is 3.01. The molecule has 1 saturated heterocycles. The highest BCUT2D eigenvalue weighted by atomic mass is 16.2. The van der Waals surface area contributed by atoms with Crippen LogP contribution in [-0.4, -0.2) is 35.5 Å². The minimum Gasteiger partial charge on any atom is -0.326 e. The van der Waals surface area contributed by atoms with Crippen LogP contribution in [0.2, 0.25) is 0 Å². The molecule has 2 aromatic rings. The van der Waals surface area contributed by atoms with Crippen LogP contribution in [0.1, 0.15) is 16.7 Å². The van der Waals surface area contributed by atoms with E-state index in [4.69, 9.17) is 5.26 Å². The lowest BCUT2D eigenvalue weighted by molar-refractivity contribution is 0.188. The summed E-state index contributed by atoms with van der Waals surface area (Å²) in [7, 11) is 1.85. The van der Waals surface area contributed by atoms with Crippen molar-refractivity contribution in [1.82, 2.24) is 9.80 Å². The Balaban J connectivity index is 1.76. The molecule has 1 aliphatic rings. The van der Waals surface area contributed by atoms with E-state index in [1.807, 2.05) is 66.5 Å². The number of carbonyl (C=O) groups is 1. The molecule has 1 atom stereocenters. The highest BCUT2D eigenvalue weighted by molar-refractivity contribution is 5.77. The topological polar surface area (TPSA) is 47.3 Å². The lowest BCUT2D eigenvalue weighted by atomic mass is 10.0. The summed E-state index contributed by atoms with van der Waals surface area (Å²) in [6, 6.07) is 20.0. The van der Waals surface area contributed by atoms with Crippen LogP contribution >= 0.6 is 0 Å². The maximum atomic E-state index is 12.4. The summed E-state index contributed by atoms with van der Waals surface area (Å²) in [5.41, 5.74) is 2.95. The third kappa shape index (κ3) is 3.35. The van der Waals surface area contributed by atoms with E-state index in [-0.39, 0.29) is 12.1 Å². The maximum absolute atomic E-state index is 12.4. The first-order valence-electron chi connectivity index (χ1n) is 7.72. The molecule has 0 aliphatic carbocycles. The molecule has 0 N–H and O–H groups in total. The van der Waals surface area contributed by atoms with Gasteiger partial charge in [0.2, 0.25) is 0 Å². The standard InChI is InChI=1S/C19H19N3O/c1-21-14-18(11-15-7-9-16(12-20)10-8-15)22(19(21)23)13-17-5-3-2-4-6-17/h2-10,18H,11,13-14H2,1H3/t18-/m1/s1. The molecule has 2 amide bonds. The van der Waals surface area contributed by atoms with Crippen molar-refractivity contribution in [3.8, 4) is 6.07 Å². The summed E-state index contributed by atoms with van der Waals surface area (Å²) in [6.07, 6.45) is 0.800. The number of nitriles is 1. The second kappa shape index (κ2) is 6.53. The molecule has 0 bridgehead atoms. The van der Waals surface area contributed by atoms with Gasteiger partial charge in [-0.25, -0.2) is 4.79 Å². The van der Waals surface area contributed by atoms with E-state index >= 15 is 0 Å². The number of hydrogen-bond donors (Lipinski definition) is 0. The summed E-state index contributed by atoms with van der Waals surface area (Å²) in [6.45, 7) is 1.36. The first kappa shape index (κ1) is 15.1. The van der Waals surface area contributed by atoms with E-state index in [0.717, 1.165) is 24.1 Å². The number of carbonyl (C=O) groups excluding carboxylic acids is 1. The highest BCUT2D eigenvalue weighted by Crippen LogP contribution is 2.21.